The molecule has 0 radical (unpaired) electrons. The lowest BCUT2D eigenvalue weighted by molar-refractivity contribution is 0.0696. The molecule has 1 aliphatic rings. The van der Waals surface area contributed by atoms with E-state index in [0.29, 0.717) is 34.5 Å². The van der Waals surface area contributed by atoms with E-state index < -0.39 is 0 Å². The summed E-state index contributed by atoms with van der Waals surface area (Å²) >= 11 is 4.94. The molecule has 1 amide bonds. The van der Waals surface area contributed by atoms with Crippen LogP contribution in [-0.4, -0.2) is 31.6 Å². The van der Waals surface area contributed by atoms with Crippen LogP contribution in [0.25, 0.3) is 0 Å². The SMILES string of the molecule is COc1cc2c(cc1OC)C(c1cccs1)N(C(=O)c1ccc(F)cc1Br)CC2. The normalized spacial score (nSPS) is 15.7. The molecule has 3 aromatic rings. The van der Waals surface area contributed by atoms with E-state index in [1.54, 1.807) is 25.6 Å². The Balaban J connectivity index is 1.83. The Hall–Kier alpha value is -2.38. The molecular weight excluding hydrogens is 457 g/mol. The number of carbonyl (C=O) groups excluding carboxylic acids is 1. The molecule has 1 atom stereocenters. The Morgan fingerprint density at radius 2 is 1.93 bits per heavy atom. The number of carbonyl (C=O) groups is 1. The highest BCUT2D eigenvalue weighted by Gasteiger charge is 2.35. The number of benzene rings is 2. The van der Waals surface area contributed by atoms with E-state index in [9.17, 15) is 9.18 Å². The van der Waals surface area contributed by atoms with Gasteiger partial charge in [-0.05, 0) is 75.3 Å². The lowest BCUT2D eigenvalue weighted by Crippen LogP contribution is -2.40. The van der Waals surface area contributed by atoms with Gasteiger partial charge in [-0.3, -0.25) is 4.79 Å². The number of hydrogen-bond donors (Lipinski definition) is 0. The van der Waals surface area contributed by atoms with Crippen molar-refractivity contribution in [3.63, 3.8) is 0 Å². The summed E-state index contributed by atoms with van der Waals surface area (Å²) in [7, 11) is 3.22. The Morgan fingerprint density at radius 1 is 1.17 bits per heavy atom. The van der Waals surface area contributed by atoms with Gasteiger partial charge in [0.1, 0.15) is 5.82 Å². The van der Waals surface area contributed by atoms with Gasteiger partial charge in [0, 0.05) is 15.9 Å². The largest absolute Gasteiger partial charge is 0.493 e. The van der Waals surface area contributed by atoms with Gasteiger partial charge in [0.25, 0.3) is 5.91 Å². The van der Waals surface area contributed by atoms with Gasteiger partial charge in [-0.2, -0.15) is 0 Å². The molecule has 0 saturated heterocycles. The predicted octanol–water partition coefficient (Wildman–Crippen LogP) is 5.45. The molecule has 1 aromatic heterocycles. The van der Waals surface area contributed by atoms with Crippen molar-refractivity contribution in [1.82, 2.24) is 4.90 Å². The van der Waals surface area contributed by atoms with Crippen LogP contribution >= 0.6 is 27.3 Å². The molecule has 7 heteroatoms. The predicted molar refractivity (Wildman–Crippen MR) is 115 cm³/mol. The molecule has 150 valence electrons. The number of nitrogens with zero attached hydrogens (tertiary/aromatic N) is 1. The van der Waals surface area contributed by atoms with E-state index in [1.807, 2.05) is 34.5 Å². The second-order valence-corrected chi connectivity index (χ2v) is 8.53. The van der Waals surface area contributed by atoms with E-state index >= 15 is 0 Å². The number of amides is 1. The van der Waals surface area contributed by atoms with Crippen molar-refractivity contribution in [2.45, 2.75) is 12.5 Å². The molecule has 0 spiro atoms. The zero-order valence-corrected chi connectivity index (χ0v) is 18.3. The van der Waals surface area contributed by atoms with Crippen molar-refractivity contribution in [3.8, 4) is 11.5 Å². The average Bonchev–Trinajstić information content (AvgIpc) is 3.25. The lowest BCUT2D eigenvalue weighted by Gasteiger charge is -2.37. The van der Waals surface area contributed by atoms with E-state index in [4.69, 9.17) is 9.47 Å². The van der Waals surface area contributed by atoms with Crippen LogP contribution in [0.5, 0.6) is 11.5 Å². The number of halogens is 2. The van der Waals surface area contributed by atoms with Crippen LogP contribution in [0.15, 0.2) is 52.3 Å². The topological polar surface area (TPSA) is 38.8 Å². The molecule has 0 aliphatic carbocycles. The lowest BCUT2D eigenvalue weighted by atomic mass is 9.90. The van der Waals surface area contributed by atoms with E-state index in [1.165, 1.54) is 18.2 Å². The van der Waals surface area contributed by atoms with E-state index in [2.05, 4.69) is 15.9 Å². The second-order valence-electron chi connectivity index (χ2n) is 6.70. The highest BCUT2D eigenvalue weighted by atomic mass is 79.9. The molecule has 2 aromatic carbocycles. The minimum Gasteiger partial charge on any atom is -0.493 e. The van der Waals surface area contributed by atoms with Gasteiger partial charge in [-0.15, -0.1) is 11.3 Å². The first kappa shape index (κ1) is 19.9. The highest BCUT2D eigenvalue weighted by molar-refractivity contribution is 9.10. The Morgan fingerprint density at radius 3 is 2.59 bits per heavy atom. The van der Waals surface area contributed by atoms with Gasteiger partial charge in [0.15, 0.2) is 11.5 Å². The van der Waals surface area contributed by atoms with Gasteiger partial charge in [-0.25, -0.2) is 4.39 Å². The fraction of sp³-hybridized carbons (Fsp3) is 0.227. The summed E-state index contributed by atoms with van der Waals surface area (Å²) in [5, 5.41) is 2.00. The van der Waals surface area contributed by atoms with Crippen LogP contribution in [0.2, 0.25) is 0 Å². The summed E-state index contributed by atoms with van der Waals surface area (Å²) in [6, 6.07) is 11.9. The summed E-state index contributed by atoms with van der Waals surface area (Å²) in [6.07, 6.45) is 0.697. The first-order valence-electron chi connectivity index (χ1n) is 9.07. The summed E-state index contributed by atoms with van der Waals surface area (Å²) in [5.74, 6) is 0.780. The van der Waals surface area contributed by atoms with Gasteiger partial charge in [0.05, 0.1) is 25.8 Å². The third kappa shape index (κ3) is 3.65. The van der Waals surface area contributed by atoms with Crippen molar-refractivity contribution < 1.29 is 18.7 Å². The number of thiophene rings is 1. The highest BCUT2D eigenvalue weighted by Crippen LogP contribution is 2.43. The zero-order chi connectivity index (χ0) is 20.5. The van der Waals surface area contributed by atoms with Crippen molar-refractivity contribution in [3.05, 3.63) is 79.7 Å². The molecule has 0 bridgehead atoms. The van der Waals surface area contributed by atoms with Gasteiger partial charge in [-0.1, -0.05) is 6.07 Å². The Kier molecular flexibility index (Phi) is 5.61. The summed E-state index contributed by atoms with van der Waals surface area (Å²) < 4.78 is 24.9. The number of hydrogen-bond acceptors (Lipinski definition) is 4. The number of methoxy groups -OCH3 is 2. The van der Waals surface area contributed by atoms with Crippen LogP contribution in [0.1, 0.15) is 32.4 Å². The molecule has 2 heterocycles. The molecule has 0 N–H and O–H groups in total. The minimum atomic E-state index is -0.385. The third-order valence-corrected chi connectivity index (χ3v) is 6.69. The molecule has 1 aliphatic heterocycles. The molecular formula is C22H19BrFNO3S. The first-order valence-corrected chi connectivity index (χ1v) is 10.7. The van der Waals surface area contributed by atoms with E-state index in [0.717, 1.165) is 16.0 Å². The molecule has 1 unspecified atom stereocenters. The fourth-order valence-corrected chi connectivity index (χ4v) is 5.11. The van der Waals surface area contributed by atoms with Crippen LogP contribution in [0, 0.1) is 5.82 Å². The minimum absolute atomic E-state index is 0.143. The molecule has 0 saturated carbocycles. The standard InChI is InChI=1S/C22H19BrFNO3S/c1-27-18-10-13-7-8-25(22(26)15-6-5-14(24)11-17(15)23)21(20-4-3-9-29-20)16(13)12-19(18)28-2/h3-6,9-12,21H,7-8H2,1-2H3. The quantitative estimate of drug-likeness (QED) is 0.503. The summed E-state index contributed by atoms with van der Waals surface area (Å²) in [4.78, 5) is 16.4. The number of fused-ring (bicyclic) bond motifs is 1. The number of ether oxygens (including phenoxy) is 2. The third-order valence-electron chi connectivity index (χ3n) is 5.11. The second kappa shape index (κ2) is 8.16. The van der Waals surface area contributed by atoms with Crippen molar-refractivity contribution in [2.24, 2.45) is 0 Å². The zero-order valence-electron chi connectivity index (χ0n) is 15.9. The smallest absolute Gasteiger partial charge is 0.255 e. The molecule has 4 rings (SSSR count). The summed E-state index contributed by atoms with van der Waals surface area (Å²) in [5.41, 5.74) is 2.59. The van der Waals surface area contributed by atoms with Gasteiger partial charge < -0.3 is 14.4 Å². The maximum atomic E-state index is 13.5. The average molecular weight is 476 g/mol. The van der Waals surface area contributed by atoms with Crippen LogP contribution in [-0.2, 0) is 6.42 Å². The van der Waals surface area contributed by atoms with Gasteiger partial charge in [0.2, 0.25) is 0 Å². The Bertz CT molecular complexity index is 1050. The molecule has 0 fully saturated rings. The maximum absolute atomic E-state index is 13.5. The van der Waals surface area contributed by atoms with Crippen molar-refractivity contribution in [2.75, 3.05) is 20.8 Å². The van der Waals surface area contributed by atoms with Crippen LogP contribution in [0.3, 0.4) is 0 Å². The van der Waals surface area contributed by atoms with Crippen molar-refractivity contribution >= 4 is 33.2 Å². The molecule has 4 nitrogen and oxygen atoms in total. The van der Waals surface area contributed by atoms with Crippen molar-refractivity contribution in [1.29, 1.82) is 0 Å². The monoisotopic (exact) mass is 475 g/mol. The first-order chi connectivity index (χ1) is 14.0. The fourth-order valence-electron chi connectivity index (χ4n) is 3.74. The Labute approximate surface area is 181 Å². The maximum Gasteiger partial charge on any atom is 0.255 e. The van der Waals surface area contributed by atoms with Crippen LogP contribution in [0.4, 0.5) is 4.39 Å². The van der Waals surface area contributed by atoms with Crippen LogP contribution < -0.4 is 9.47 Å². The summed E-state index contributed by atoms with van der Waals surface area (Å²) in [6.45, 7) is 0.549. The van der Waals surface area contributed by atoms with Gasteiger partial charge >= 0.3 is 0 Å². The van der Waals surface area contributed by atoms with E-state index in [-0.39, 0.29) is 17.8 Å². The number of rotatable bonds is 4. The molecule has 29 heavy (non-hydrogen) atoms.